The molecule has 1 nitrogen and oxygen atoms in total. The zero-order valence-corrected chi connectivity index (χ0v) is 8.44. The predicted octanol–water partition coefficient (Wildman–Crippen LogP) is 2.59. The molecule has 16 heavy (non-hydrogen) atoms. The van der Waals surface area contributed by atoms with Crippen molar-refractivity contribution >= 4 is 0 Å². The summed E-state index contributed by atoms with van der Waals surface area (Å²) >= 11 is 0. The summed E-state index contributed by atoms with van der Waals surface area (Å²) in [5, 5.41) is 0. The van der Waals surface area contributed by atoms with E-state index >= 15 is 0 Å². The van der Waals surface area contributed by atoms with Crippen molar-refractivity contribution in [3.63, 3.8) is 0 Å². The average molecular weight is 233 g/mol. The Morgan fingerprint density at radius 3 is 2.00 bits per heavy atom. The van der Waals surface area contributed by atoms with Crippen LogP contribution in [0.4, 0.5) is 17.6 Å². The number of hydrogen-bond acceptors (Lipinski definition) is 1. The number of halogens is 4. The average Bonchev–Trinajstić information content (AvgIpc) is 2.13. The summed E-state index contributed by atoms with van der Waals surface area (Å²) in [6.07, 6.45) is -1.18. The molecule has 0 spiro atoms. The largest absolute Gasteiger partial charge is 0.330 e. The molecule has 0 atom stereocenters. The third-order valence-electron chi connectivity index (χ3n) is 3.08. The van der Waals surface area contributed by atoms with Crippen molar-refractivity contribution in [1.82, 2.24) is 0 Å². The van der Waals surface area contributed by atoms with E-state index in [-0.39, 0.29) is 12.1 Å². The molecule has 1 aliphatic rings. The van der Waals surface area contributed by atoms with Gasteiger partial charge in [0.1, 0.15) is 11.6 Å². The summed E-state index contributed by atoms with van der Waals surface area (Å²) in [6.45, 7) is -0.180. The number of nitrogens with two attached hydrogens (primary N) is 1. The molecule has 0 bridgehead atoms. The minimum atomic E-state index is -2.87. The lowest BCUT2D eigenvalue weighted by Gasteiger charge is -2.47. The molecule has 0 amide bonds. The maximum atomic E-state index is 13.5. The second-order valence-corrected chi connectivity index (χ2v) is 4.29. The van der Waals surface area contributed by atoms with Gasteiger partial charge in [-0.25, -0.2) is 17.6 Å². The summed E-state index contributed by atoms with van der Waals surface area (Å²) < 4.78 is 52.7. The van der Waals surface area contributed by atoms with Crippen LogP contribution in [0, 0.1) is 11.6 Å². The van der Waals surface area contributed by atoms with Gasteiger partial charge in [0.2, 0.25) is 5.92 Å². The Morgan fingerprint density at radius 2 is 1.62 bits per heavy atom. The number of benzene rings is 1. The van der Waals surface area contributed by atoms with Gasteiger partial charge < -0.3 is 5.73 Å². The Kier molecular flexibility index (Phi) is 2.45. The van der Waals surface area contributed by atoms with Gasteiger partial charge in [0.25, 0.3) is 0 Å². The smallest absolute Gasteiger partial charge is 0.250 e. The summed E-state index contributed by atoms with van der Waals surface area (Å²) in [6, 6.07) is 3.33. The molecule has 0 saturated heterocycles. The van der Waals surface area contributed by atoms with Gasteiger partial charge >= 0.3 is 0 Å². The second-order valence-electron chi connectivity index (χ2n) is 4.29. The van der Waals surface area contributed by atoms with Gasteiger partial charge in [-0.15, -0.1) is 0 Å². The van der Waals surface area contributed by atoms with Crippen molar-refractivity contribution in [3.05, 3.63) is 35.4 Å². The van der Waals surface area contributed by atoms with Crippen LogP contribution in [0.25, 0.3) is 0 Å². The maximum absolute atomic E-state index is 13.5. The first-order valence-electron chi connectivity index (χ1n) is 4.93. The zero-order chi connectivity index (χ0) is 12.0. The standard InChI is InChI=1S/C11H11F4N/c12-7-2-1-3-8(13)9(7)10(6-16)4-11(14,15)5-10/h1-3H,4-6,16H2. The van der Waals surface area contributed by atoms with E-state index in [0.717, 1.165) is 12.1 Å². The van der Waals surface area contributed by atoms with Crippen LogP contribution in [0.5, 0.6) is 0 Å². The Morgan fingerprint density at radius 1 is 1.12 bits per heavy atom. The maximum Gasteiger partial charge on any atom is 0.250 e. The van der Waals surface area contributed by atoms with E-state index in [1.807, 2.05) is 0 Å². The Labute approximate surface area is 90.3 Å². The second kappa shape index (κ2) is 3.45. The molecule has 2 N–H and O–H groups in total. The van der Waals surface area contributed by atoms with Gasteiger partial charge in [-0.05, 0) is 12.1 Å². The molecule has 1 aliphatic carbocycles. The van der Waals surface area contributed by atoms with Crippen LogP contribution in [0.15, 0.2) is 18.2 Å². The van der Waals surface area contributed by atoms with E-state index in [9.17, 15) is 17.6 Å². The van der Waals surface area contributed by atoms with Crippen LogP contribution in [0.1, 0.15) is 18.4 Å². The molecule has 1 aromatic carbocycles. The van der Waals surface area contributed by atoms with E-state index in [2.05, 4.69) is 0 Å². The fourth-order valence-corrected chi connectivity index (χ4v) is 2.37. The van der Waals surface area contributed by atoms with Gasteiger partial charge in [0.15, 0.2) is 0 Å². The first-order chi connectivity index (χ1) is 7.40. The van der Waals surface area contributed by atoms with Gasteiger partial charge in [-0.1, -0.05) is 6.07 Å². The van der Waals surface area contributed by atoms with Gasteiger partial charge in [0.05, 0.1) is 0 Å². The molecule has 0 radical (unpaired) electrons. The van der Waals surface area contributed by atoms with Crippen molar-refractivity contribution in [1.29, 1.82) is 0 Å². The van der Waals surface area contributed by atoms with Crippen molar-refractivity contribution in [2.75, 3.05) is 6.54 Å². The van der Waals surface area contributed by atoms with Crippen LogP contribution in [-0.2, 0) is 5.41 Å². The van der Waals surface area contributed by atoms with E-state index in [1.54, 1.807) is 0 Å². The fraction of sp³-hybridized carbons (Fsp3) is 0.455. The topological polar surface area (TPSA) is 26.0 Å². The highest BCUT2D eigenvalue weighted by Crippen LogP contribution is 2.53. The third kappa shape index (κ3) is 1.59. The summed E-state index contributed by atoms with van der Waals surface area (Å²) in [7, 11) is 0. The van der Waals surface area contributed by atoms with E-state index in [4.69, 9.17) is 5.73 Å². The molecule has 88 valence electrons. The number of alkyl halides is 2. The lowest BCUT2D eigenvalue weighted by atomic mass is 9.62. The summed E-state index contributed by atoms with van der Waals surface area (Å²) in [5.74, 6) is -4.48. The van der Waals surface area contributed by atoms with Crippen LogP contribution in [-0.4, -0.2) is 12.5 Å². The highest BCUT2D eigenvalue weighted by molar-refractivity contribution is 5.33. The van der Waals surface area contributed by atoms with E-state index in [1.165, 1.54) is 6.07 Å². The third-order valence-corrected chi connectivity index (χ3v) is 3.08. The molecule has 2 rings (SSSR count). The van der Waals surface area contributed by atoms with Crippen molar-refractivity contribution < 1.29 is 17.6 Å². The minimum absolute atomic E-state index is 0.180. The first kappa shape index (κ1) is 11.4. The molecular weight excluding hydrogens is 222 g/mol. The Hall–Kier alpha value is -1.10. The van der Waals surface area contributed by atoms with E-state index < -0.39 is 35.8 Å². The van der Waals surface area contributed by atoms with Gasteiger partial charge in [-0.2, -0.15) is 0 Å². The summed E-state index contributed by atoms with van der Waals surface area (Å²) in [4.78, 5) is 0. The highest BCUT2D eigenvalue weighted by atomic mass is 19.3. The lowest BCUT2D eigenvalue weighted by molar-refractivity contribution is -0.125. The molecule has 0 aromatic heterocycles. The first-order valence-corrected chi connectivity index (χ1v) is 4.93. The quantitative estimate of drug-likeness (QED) is 0.780. The summed E-state index contributed by atoms with van der Waals surface area (Å²) in [5.41, 5.74) is 3.84. The monoisotopic (exact) mass is 233 g/mol. The normalized spacial score (nSPS) is 21.6. The van der Waals surface area contributed by atoms with Crippen LogP contribution in [0.3, 0.4) is 0 Å². The van der Waals surface area contributed by atoms with Gasteiger partial charge in [0, 0.05) is 30.4 Å². The van der Waals surface area contributed by atoms with Crippen molar-refractivity contribution in [2.24, 2.45) is 5.73 Å². The lowest BCUT2D eigenvalue weighted by Crippen LogP contribution is -2.54. The van der Waals surface area contributed by atoms with Gasteiger partial charge in [-0.3, -0.25) is 0 Å². The SMILES string of the molecule is NCC1(c2c(F)cccc2F)CC(F)(F)C1. The van der Waals surface area contributed by atoms with E-state index in [0.29, 0.717) is 0 Å². The Bertz CT molecular complexity index is 388. The van der Waals surface area contributed by atoms with Crippen LogP contribution in [0.2, 0.25) is 0 Å². The molecule has 0 heterocycles. The molecule has 1 aromatic rings. The van der Waals surface area contributed by atoms with Crippen molar-refractivity contribution in [2.45, 2.75) is 24.2 Å². The molecule has 0 aliphatic heterocycles. The molecule has 0 unspecified atom stereocenters. The van der Waals surface area contributed by atoms with Crippen molar-refractivity contribution in [3.8, 4) is 0 Å². The molecule has 1 saturated carbocycles. The molecule has 1 fully saturated rings. The number of rotatable bonds is 2. The number of hydrogen-bond donors (Lipinski definition) is 1. The van der Waals surface area contributed by atoms with Crippen LogP contribution < -0.4 is 5.73 Å². The van der Waals surface area contributed by atoms with Crippen LogP contribution >= 0.6 is 0 Å². The predicted molar refractivity (Wildman–Crippen MR) is 51.3 cm³/mol. The fourth-order valence-electron chi connectivity index (χ4n) is 2.37. The Balaban J connectivity index is 2.43. The minimum Gasteiger partial charge on any atom is -0.330 e. The zero-order valence-electron chi connectivity index (χ0n) is 8.44. The molecular formula is C11H11F4N. The highest BCUT2D eigenvalue weighted by Gasteiger charge is 2.58. The molecule has 5 heteroatoms.